The number of aromatic nitrogens is 3. The van der Waals surface area contributed by atoms with Gasteiger partial charge in [0.2, 0.25) is 0 Å². The molecule has 0 atom stereocenters. The van der Waals surface area contributed by atoms with Crippen LogP contribution >= 0.6 is 0 Å². The van der Waals surface area contributed by atoms with Crippen LogP contribution < -0.4 is 5.32 Å². The lowest BCUT2D eigenvalue weighted by Gasteiger charge is -2.06. The zero-order valence-electron chi connectivity index (χ0n) is 12.9. The molecule has 6 nitrogen and oxygen atoms in total. The molecule has 0 unspecified atom stereocenters. The molecule has 0 fully saturated rings. The standard InChI is InChI=1S/C17H18N4O2/c1-12-14(17(23)18-9-4-10-22)11-19-21(12)16-8-7-13-5-2-3-6-15(13)20-16/h2-3,5-8,11,22H,4,9-10H2,1H3,(H,18,23). The van der Waals surface area contributed by atoms with Gasteiger partial charge in [0, 0.05) is 18.5 Å². The lowest BCUT2D eigenvalue weighted by molar-refractivity contribution is 0.0950. The number of rotatable bonds is 5. The smallest absolute Gasteiger partial charge is 0.254 e. The van der Waals surface area contributed by atoms with E-state index in [1.165, 1.54) is 0 Å². The van der Waals surface area contributed by atoms with E-state index in [-0.39, 0.29) is 12.5 Å². The highest BCUT2D eigenvalue weighted by Gasteiger charge is 2.15. The first kappa shape index (κ1) is 15.2. The monoisotopic (exact) mass is 310 g/mol. The Labute approximate surface area is 133 Å². The molecule has 1 amide bonds. The Balaban J connectivity index is 1.89. The molecule has 0 saturated carbocycles. The number of para-hydroxylation sites is 1. The molecule has 0 saturated heterocycles. The number of benzene rings is 1. The van der Waals surface area contributed by atoms with E-state index in [9.17, 15) is 4.79 Å². The van der Waals surface area contributed by atoms with Crippen LogP contribution in [-0.2, 0) is 0 Å². The quantitative estimate of drug-likeness (QED) is 0.705. The van der Waals surface area contributed by atoms with Crippen molar-refractivity contribution in [2.75, 3.05) is 13.2 Å². The summed E-state index contributed by atoms with van der Waals surface area (Å²) in [5, 5.41) is 16.9. The van der Waals surface area contributed by atoms with Crippen molar-refractivity contribution >= 4 is 16.8 Å². The molecule has 3 aromatic rings. The van der Waals surface area contributed by atoms with Crippen LogP contribution in [0.25, 0.3) is 16.7 Å². The number of nitrogens with zero attached hydrogens (tertiary/aromatic N) is 3. The molecule has 0 radical (unpaired) electrons. The van der Waals surface area contributed by atoms with Gasteiger partial charge in [0.1, 0.15) is 0 Å². The number of aliphatic hydroxyl groups is 1. The van der Waals surface area contributed by atoms with Crippen LogP contribution in [-0.4, -0.2) is 38.9 Å². The van der Waals surface area contributed by atoms with Gasteiger partial charge in [0.25, 0.3) is 5.91 Å². The third-order valence-corrected chi connectivity index (χ3v) is 3.68. The van der Waals surface area contributed by atoms with E-state index in [0.717, 1.165) is 16.6 Å². The molecule has 0 spiro atoms. The van der Waals surface area contributed by atoms with Gasteiger partial charge in [-0.15, -0.1) is 0 Å². The maximum Gasteiger partial charge on any atom is 0.254 e. The van der Waals surface area contributed by atoms with E-state index in [1.54, 1.807) is 10.9 Å². The zero-order chi connectivity index (χ0) is 16.2. The number of hydrogen-bond donors (Lipinski definition) is 2. The zero-order valence-corrected chi connectivity index (χ0v) is 12.9. The highest BCUT2D eigenvalue weighted by atomic mass is 16.3. The fraction of sp³-hybridized carbons (Fsp3) is 0.235. The first-order chi connectivity index (χ1) is 11.2. The summed E-state index contributed by atoms with van der Waals surface area (Å²) in [6, 6.07) is 11.7. The Kier molecular flexibility index (Phi) is 4.34. The number of amides is 1. The minimum absolute atomic E-state index is 0.0551. The fourth-order valence-electron chi connectivity index (χ4n) is 2.41. The van der Waals surface area contributed by atoms with E-state index in [2.05, 4.69) is 15.4 Å². The van der Waals surface area contributed by atoms with Crippen LogP contribution in [0.1, 0.15) is 22.5 Å². The highest BCUT2D eigenvalue weighted by molar-refractivity contribution is 5.95. The number of carbonyl (C=O) groups excluding carboxylic acids is 1. The number of hydrogen-bond acceptors (Lipinski definition) is 4. The van der Waals surface area contributed by atoms with Gasteiger partial charge < -0.3 is 10.4 Å². The molecular weight excluding hydrogens is 292 g/mol. The maximum absolute atomic E-state index is 12.1. The second-order valence-electron chi connectivity index (χ2n) is 5.25. The SMILES string of the molecule is Cc1c(C(=O)NCCCO)cnn1-c1ccc2ccccc2n1. The number of fused-ring (bicyclic) bond motifs is 1. The average Bonchev–Trinajstić information content (AvgIpc) is 2.96. The summed E-state index contributed by atoms with van der Waals surface area (Å²) in [5.41, 5.74) is 2.13. The maximum atomic E-state index is 12.1. The van der Waals surface area contributed by atoms with E-state index >= 15 is 0 Å². The average molecular weight is 310 g/mol. The van der Waals surface area contributed by atoms with Crippen molar-refractivity contribution in [2.24, 2.45) is 0 Å². The van der Waals surface area contributed by atoms with Crippen molar-refractivity contribution in [2.45, 2.75) is 13.3 Å². The van der Waals surface area contributed by atoms with Crippen molar-refractivity contribution in [3.05, 3.63) is 53.9 Å². The molecule has 0 aliphatic rings. The van der Waals surface area contributed by atoms with Crippen LogP contribution in [0.15, 0.2) is 42.6 Å². The molecule has 2 heterocycles. The Morgan fingerprint density at radius 3 is 2.91 bits per heavy atom. The summed E-state index contributed by atoms with van der Waals surface area (Å²) >= 11 is 0. The lowest BCUT2D eigenvalue weighted by atomic mass is 10.2. The van der Waals surface area contributed by atoms with Crippen molar-refractivity contribution in [3.63, 3.8) is 0 Å². The van der Waals surface area contributed by atoms with E-state index in [1.807, 2.05) is 43.3 Å². The molecule has 118 valence electrons. The van der Waals surface area contributed by atoms with Crippen LogP contribution in [0, 0.1) is 6.92 Å². The van der Waals surface area contributed by atoms with Crippen LogP contribution in [0.2, 0.25) is 0 Å². The summed E-state index contributed by atoms with van der Waals surface area (Å²) in [6.07, 6.45) is 2.08. The van der Waals surface area contributed by atoms with Gasteiger partial charge in [-0.3, -0.25) is 4.79 Å². The summed E-state index contributed by atoms with van der Waals surface area (Å²) in [6.45, 7) is 2.33. The molecule has 3 rings (SSSR count). The normalized spacial score (nSPS) is 10.9. The van der Waals surface area contributed by atoms with Crippen LogP contribution in [0.4, 0.5) is 0 Å². The molecule has 2 aromatic heterocycles. The van der Waals surface area contributed by atoms with E-state index < -0.39 is 0 Å². The molecule has 2 N–H and O–H groups in total. The van der Waals surface area contributed by atoms with Crippen molar-refractivity contribution in [3.8, 4) is 5.82 Å². The number of nitrogens with one attached hydrogen (secondary N) is 1. The van der Waals surface area contributed by atoms with Gasteiger partial charge in [-0.1, -0.05) is 18.2 Å². The molecule has 23 heavy (non-hydrogen) atoms. The summed E-state index contributed by atoms with van der Waals surface area (Å²) < 4.78 is 1.66. The van der Waals surface area contributed by atoms with Gasteiger partial charge in [0.15, 0.2) is 5.82 Å². The van der Waals surface area contributed by atoms with Crippen molar-refractivity contribution in [1.29, 1.82) is 0 Å². The minimum atomic E-state index is -0.192. The first-order valence-electron chi connectivity index (χ1n) is 7.50. The first-order valence-corrected chi connectivity index (χ1v) is 7.50. The summed E-state index contributed by atoms with van der Waals surface area (Å²) in [5.74, 6) is 0.485. The molecule has 0 aliphatic carbocycles. The summed E-state index contributed by atoms with van der Waals surface area (Å²) in [4.78, 5) is 16.7. The summed E-state index contributed by atoms with van der Waals surface area (Å²) in [7, 11) is 0. The predicted octanol–water partition coefficient (Wildman–Crippen LogP) is 1.84. The van der Waals surface area contributed by atoms with Crippen LogP contribution in [0.3, 0.4) is 0 Å². The Morgan fingerprint density at radius 1 is 1.26 bits per heavy atom. The van der Waals surface area contributed by atoms with E-state index in [0.29, 0.717) is 24.3 Å². The van der Waals surface area contributed by atoms with Crippen LogP contribution in [0.5, 0.6) is 0 Å². The lowest BCUT2D eigenvalue weighted by Crippen LogP contribution is -2.25. The Morgan fingerprint density at radius 2 is 2.09 bits per heavy atom. The molecule has 1 aromatic carbocycles. The van der Waals surface area contributed by atoms with Gasteiger partial charge >= 0.3 is 0 Å². The fourth-order valence-corrected chi connectivity index (χ4v) is 2.41. The molecule has 0 aliphatic heterocycles. The number of carbonyl (C=O) groups is 1. The van der Waals surface area contributed by atoms with Gasteiger partial charge in [-0.05, 0) is 31.5 Å². The van der Waals surface area contributed by atoms with Gasteiger partial charge in [-0.25, -0.2) is 9.67 Å². The minimum Gasteiger partial charge on any atom is -0.396 e. The molecule has 0 bridgehead atoms. The Bertz CT molecular complexity index is 841. The number of pyridine rings is 1. The van der Waals surface area contributed by atoms with Crippen molar-refractivity contribution in [1.82, 2.24) is 20.1 Å². The second-order valence-corrected chi connectivity index (χ2v) is 5.25. The third kappa shape index (κ3) is 3.07. The predicted molar refractivity (Wildman–Crippen MR) is 87.6 cm³/mol. The molecule has 6 heteroatoms. The Hall–Kier alpha value is -2.73. The van der Waals surface area contributed by atoms with Gasteiger partial charge in [0.05, 0.1) is 23.0 Å². The molecular formula is C17H18N4O2. The topological polar surface area (TPSA) is 80.0 Å². The number of aliphatic hydroxyl groups excluding tert-OH is 1. The van der Waals surface area contributed by atoms with Crippen molar-refractivity contribution < 1.29 is 9.90 Å². The highest BCUT2D eigenvalue weighted by Crippen LogP contribution is 2.17. The second kappa shape index (κ2) is 6.58. The van der Waals surface area contributed by atoms with Gasteiger partial charge in [-0.2, -0.15) is 5.10 Å². The van der Waals surface area contributed by atoms with E-state index in [4.69, 9.17) is 5.11 Å². The largest absolute Gasteiger partial charge is 0.396 e. The third-order valence-electron chi connectivity index (χ3n) is 3.68.